The molecule has 3 aromatic rings. The maximum atomic E-state index is 12.0. The average molecular weight is 330 g/mol. The van der Waals surface area contributed by atoms with E-state index in [-0.39, 0.29) is 12.5 Å². The van der Waals surface area contributed by atoms with E-state index in [1.165, 1.54) is 0 Å². The van der Waals surface area contributed by atoms with Gasteiger partial charge in [0.25, 0.3) is 0 Å². The highest BCUT2D eigenvalue weighted by Gasteiger charge is 2.07. The second-order valence-electron chi connectivity index (χ2n) is 5.29. The van der Waals surface area contributed by atoms with Crippen molar-refractivity contribution in [2.45, 2.75) is 20.0 Å². The van der Waals surface area contributed by atoms with E-state index in [0.29, 0.717) is 17.4 Å². The summed E-state index contributed by atoms with van der Waals surface area (Å²) in [6.07, 6.45) is 5.35. The minimum absolute atomic E-state index is 0.162. The quantitative estimate of drug-likeness (QED) is 0.782. The molecule has 7 heteroatoms. The number of aryl methyl sites for hydroxylation is 1. The Labute approximate surface area is 138 Å². The summed E-state index contributed by atoms with van der Waals surface area (Å²) in [5, 5.41) is 11.9. The van der Waals surface area contributed by atoms with Gasteiger partial charge in [0, 0.05) is 23.5 Å². The molecule has 0 unspecified atom stereocenters. The number of halogens is 1. The van der Waals surface area contributed by atoms with Gasteiger partial charge in [-0.1, -0.05) is 23.7 Å². The Kier molecular flexibility index (Phi) is 4.43. The number of carbonyl (C=O) groups is 1. The van der Waals surface area contributed by atoms with Gasteiger partial charge < -0.3 is 5.32 Å². The molecular weight excluding hydrogens is 314 g/mol. The Morgan fingerprint density at radius 1 is 1.30 bits per heavy atom. The van der Waals surface area contributed by atoms with Crippen LogP contribution in [0.15, 0.2) is 48.9 Å². The van der Waals surface area contributed by atoms with Crippen molar-refractivity contribution >= 4 is 23.3 Å². The van der Waals surface area contributed by atoms with E-state index >= 15 is 0 Å². The van der Waals surface area contributed by atoms with Gasteiger partial charge >= 0.3 is 0 Å². The minimum atomic E-state index is -0.166. The van der Waals surface area contributed by atoms with Gasteiger partial charge in [-0.05, 0) is 30.2 Å². The highest BCUT2D eigenvalue weighted by molar-refractivity contribution is 6.30. The van der Waals surface area contributed by atoms with Crippen LogP contribution in [0.3, 0.4) is 0 Å². The third kappa shape index (κ3) is 4.20. The van der Waals surface area contributed by atoms with Crippen molar-refractivity contribution in [1.82, 2.24) is 19.6 Å². The SMILES string of the molecule is Cc1cnn(CC(=O)Nc2ccn(Cc3cccc(Cl)c3)n2)c1. The fourth-order valence-electron chi connectivity index (χ4n) is 2.22. The average Bonchev–Trinajstić information content (AvgIpc) is 3.08. The van der Waals surface area contributed by atoms with E-state index < -0.39 is 0 Å². The summed E-state index contributed by atoms with van der Waals surface area (Å²) in [6.45, 7) is 2.68. The Bertz CT molecular complexity index is 823. The normalized spacial score (nSPS) is 10.7. The number of hydrogen-bond donors (Lipinski definition) is 1. The van der Waals surface area contributed by atoms with Crippen LogP contribution in [0.2, 0.25) is 5.02 Å². The number of anilines is 1. The van der Waals surface area contributed by atoms with Gasteiger partial charge in [0.15, 0.2) is 5.82 Å². The van der Waals surface area contributed by atoms with Crippen molar-refractivity contribution in [3.05, 3.63) is 65.1 Å². The second-order valence-corrected chi connectivity index (χ2v) is 5.73. The summed E-state index contributed by atoms with van der Waals surface area (Å²) < 4.78 is 3.34. The molecule has 118 valence electrons. The first-order valence-corrected chi connectivity index (χ1v) is 7.53. The Morgan fingerprint density at radius 3 is 2.91 bits per heavy atom. The lowest BCUT2D eigenvalue weighted by Crippen LogP contribution is -2.19. The molecule has 1 N–H and O–H groups in total. The number of nitrogens with one attached hydrogen (secondary N) is 1. The van der Waals surface area contributed by atoms with Crippen LogP contribution < -0.4 is 5.32 Å². The molecule has 0 saturated carbocycles. The molecule has 0 saturated heterocycles. The molecule has 23 heavy (non-hydrogen) atoms. The zero-order valence-corrected chi connectivity index (χ0v) is 13.4. The molecule has 0 aliphatic rings. The van der Waals surface area contributed by atoms with Crippen molar-refractivity contribution in [3.63, 3.8) is 0 Å². The molecule has 1 amide bonds. The summed E-state index contributed by atoms with van der Waals surface area (Å²) in [5.74, 6) is 0.349. The van der Waals surface area contributed by atoms with E-state index in [2.05, 4.69) is 15.5 Å². The first kappa shape index (κ1) is 15.3. The molecule has 0 atom stereocenters. The fraction of sp³-hybridized carbons (Fsp3) is 0.188. The van der Waals surface area contributed by atoms with Gasteiger partial charge in [0.05, 0.1) is 12.7 Å². The number of carbonyl (C=O) groups excluding carboxylic acids is 1. The van der Waals surface area contributed by atoms with Crippen LogP contribution in [0.25, 0.3) is 0 Å². The highest BCUT2D eigenvalue weighted by Crippen LogP contribution is 2.12. The molecule has 1 aromatic carbocycles. The number of aromatic nitrogens is 4. The van der Waals surface area contributed by atoms with Gasteiger partial charge in [-0.15, -0.1) is 0 Å². The minimum Gasteiger partial charge on any atom is -0.308 e. The van der Waals surface area contributed by atoms with Crippen molar-refractivity contribution in [1.29, 1.82) is 0 Å². The van der Waals surface area contributed by atoms with Crippen LogP contribution in [0, 0.1) is 6.92 Å². The Morgan fingerprint density at radius 2 is 2.17 bits per heavy atom. The summed E-state index contributed by atoms with van der Waals surface area (Å²) >= 11 is 5.97. The lowest BCUT2D eigenvalue weighted by Gasteiger charge is -2.04. The van der Waals surface area contributed by atoms with Gasteiger partial charge in [0.2, 0.25) is 5.91 Å². The molecule has 0 fully saturated rings. The predicted molar refractivity (Wildman–Crippen MR) is 88.4 cm³/mol. The van der Waals surface area contributed by atoms with E-state index in [0.717, 1.165) is 11.1 Å². The van der Waals surface area contributed by atoms with Crippen LogP contribution in [0.4, 0.5) is 5.82 Å². The van der Waals surface area contributed by atoms with Gasteiger partial charge in [-0.25, -0.2) is 0 Å². The zero-order valence-electron chi connectivity index (χ0n) is 12.6. The van der Waals surface area contributed by atoms with Crippen LogP contribution in [-0.4, -0.2) is 25.5 Å². The lowest BCUT2D eigenvalue weighted by atomic mass is 10.2. The number of hydrogen-bond acceptors (Lipinski definition) is 3. The summed E-state index contributed by atoms with van der Waals surface area (Å²) in [4.78, 5) is 12.0. The van der Waals surface area contributed by atoms with E-state index in [1.807, 2.05) is 43.6 Å². The van der Waals surface area contributed by atoms with Crippen LogP contribution in [-0.2, 0) is 17.9 Å². The van der Waals surface area contributed by atoms with Crippen molar-refractivity contribution in [2.75, 3.05) is 5.32 Å². The van der Waals surface area contributed by atoms with Crippen LogP contribution in [0.1, 0.15) is 11.1 Å². The molecule has 0 spiro atoms. The zero-order chi connectivity index (χ0) is 16.2. The van der Waals surface area contributed by atoms with Gasteiger partial charge in [0.1, 0.15) is 6.54 Å². The predicted octanol–water partition coefficient (Wildman–Crippen LogP) is 2.73. The second kappa shape index (κ2) is 6.66. The van der Waals surface area contributed by atoms with Crippen molar-refractivity contribution < 1.29 is 4.79 Å². The summed E-state index contributed by atoms with van der Waals surface area (Å²) in [6, 6.07) is 9.36. The number of nitrogens with zero attached hydrogens (tertiary/aromatic N) is 4. The Hall–Kier alpha value is -2.60. The Balaban J connectivity index is 1.59. The first-order chi connectivity index (χ1) is 11.1. The molecule has 2 aromatic heterocycles. The van der Waals surface area contributed by atoms with Crippen LogP contribution in [0.5, 0.6) is 0 Å². The third-order valence-electron chi connectivity index (χ3n) is 3.21. The standard InChI is InChI=1S/C16H16ClN5O/c1-12-8-18-22(9-12)11-16(23)19-15-5-6-21(20-15)10-13-3-2-4-14(17)7-13/h2-9H,10-11H2,1H3,(H,19,20,23). The summed E-state index contributed by atoms with van der Waals surface area (Å²) in [5.41, 5.74) is 2.06. The largest absolute Gasteiger partial charge is 0.308 e. The molecule has 0 aliphatic carbocycles. The first-order valence-electron chi connectivity index (χ1n) is 7.15. The van der Waals surface area contributed by atoms with Crippen molar-refractivity contribution in [3.8, 4) is 0 Å². The van der Waals surface area contributed by atoms with Crippen molar-refractivity contribution in [2.24, 2.45) is 0 Å². The van der Waals surface area contributed by atoms with E-state index in [1.54, 1.807) is 21.6 Å². The molecule has 2 heterocycles. The molecule has 0 radical (unpaired) electrons. The molecule has 0 aliphatic heterocycles. The fourth-order valence-corrected chi connectivity index (χ4v) is 2.43. The number of benzene rings is 1. The smallest absolute Gasteiger partial charge is 0.247 e. The molecular formula is C16H16ClN5O. The van der Waals surface area contributed by atoms with Gasteiger partial charge in [-0.2, -0.15) is 10.2 Å². The monoisotopic (exact) mass is 329 g/mol. The third-order valence-corrected chi connectivity index (χ3v) is 3.44. The van der Waals surface area contributed by atoms with Gasteiger partial charge in [-0.3, -0.25) is 14.2 Å². The number of amides is 1. The molecule has 0 bridgehead atoms. The molecule has 6 nitrogen and oxygen atoms in total. The van der Waals surface area contributed by atoms with E-state index in [9.17, 15) is 4.79 Å². The van der Waals surface area contributed by atoms with E-state index in [4.69, 9.17) is 11.6 Å². The lowest BCUT2D eigenvalue weighted by molar-refractivity contribution is -0.116. The maximum absolute atomic E-state index is 12.0. The number of rotatable bonds is 5. The van der Waals surface area contributed by atoms with Crippen LogP contribution >= 0.6 is 11.6 Å². The molecule has 3 rings (SSSR count). The highest BCUT2D eigenvalue weighted by atomic mass is 35.5. The topological polar surface area (TPSA) is 64.7 Å². The summed E-state index contributed by atoms with van der Waals surface area (Å²) in [7, 11) is 0. The maximum Gasteiger partial charge on any atom is 0.247 e.